The molecule has 15 heteroatoms. The van der Waals surface area contributed by atoms with Crippen molar-refractivity contribution in [1.29, 1.82) is 0 Å². The normalized spacial score (nSPS) is 18.1. The molecule has 67 heavy (non-hydrogen) atoms. The van der Waals surface area contributed by atoms with E-state index in [1.807, 2.05) is 41.3 Å². The number of phenols is 1. The zero-order valence-electron chi connectivity index (χ0n) is 36.6. The monoisotopic (exact) mass is 926 g/mol. The molecule has 10 rings (SSSR count). The summed E-state index contributed by atoms with van der Waals surface area (Å²) in [7, 11) is 0. The van der Waals surface area contributed by atoms with Gasteiger partial charge in [-0.1, -0.05) is 90.6 Å². The molecule has 7 aromatic rings. The van der Waals surface area contributed by atoms with E-state index in [9.17, 15) is 27.9 Å². The third kappa shape index (κ3) is 9.94. The molecule has 2 N–H and O–H groups in total. The van der Waals surface area contributed by atoms with E-state index in [4.69, 9.17) is 14.8 Å². The molecule has 2 aliphatic heterocycles. The average Bonchev–Trinajstić information content (AvgIpc) is 3.76. The number of rotatable bonds is 13. The van der Waals surface area contributed by atoms with Crippen molar-refractivity contribution in [3.05, 3.63) is 161 Å². The zero-order valence-corrected chi connectivity index (χ0v) is 37.4. The fraction of sp³-hybridized carbons (Fsp3) is 0.308. The Bertz CT molecular complexity index is 2900. The lowest BCUT2D eigenvalue weighted by Crippen LogP contribution is -2.53. The van der Waals surface area contributed by atoms with E-state index in [-0.39, 0.29) is 30.0 Å². The molecule has 344 valence electrons. The number of phenolic OH excluding ortho intramolecular Hbond substituents is 1. The Morgan fingerprint density at radius 2 is 1.58 bits per heavy atom. The third-order valence-corrected chi connectivity index (χ3v) is 14.3. The van der Waals surface area contributed by atoms with Crippen molar-refractivity contribution in [2.24, 2.45) is 5.92 Å². The van der Waals surface area contributed by atoms with Crippen LogP contribution >= 0.6 is 11.8 Å². The summed E-state index contributed by atoms with van der Waals surface area (Å²) < 4.78 is 51.2. The van der Waals surface area contributed by atoms with Gasteiger partial charge in [0.2, 0.25) is 5.91 Å². The number of alkyl halides is 3. The lowest BCUT2D eigenvalue weighted by Gasteiger charge is -2.40. The topological polar surface area (TPSA) is 122 Å². The van der Waals surface area contributed by atoms with Crippen LogP contribution in [0.15, 0.2) is 133 Å². The SMILES string of the molecule is O=C(NCc1cc2c3ccccc3nc(SCC3CN(CC(=O)N4CCC(Oc5ccc([C@@H]6c7ccc(O)cc7CC[C@@H]6c6ccccc6)cc5)CC4)C3)n2n1)c1ccccc1OC(F)(F)F. The van der Waals surface area contributed by atoms with Gasteiger partial charge in [-0.2, -0.15) is 5.10 Å². The summed E-state index contributed by atoms with van der Waals surface area (Å²) in [4.78, 5) is 35.4. The summed E-state index contributed by atoms with van der Waals surface area (Å²) in [5.41, 5.74) is 6.89. The standard InChI is InChI=1S/C52H49F3N6O5S/c53-52(54,55)66-47-13-7-5-11-44(47)50(64)56-28-37-27-46-43-10-4-6-12-45(43)57-51(61(46)58-37)67-32-33-29-59(30-33)31-48(63)60-24-22-40(23-25-60)65-39-18-14-35(15-19-39)49-41(34-8-2-1-3-9-34)20-16-36-26-38(62)17-21-42(36)49/h1-15,17-19,21,26-27,33,40-41,49,62H,16,20,22-25,28-32H2,(H,56,64)/t41-,49+/m1/s1. The number of likely N-dealkylation sites (tertiary alicyclic amines) is 2. The highest BCUT2D eigenvalue weighted by molar-refractivity contribution is 7.99. The van der Waals surface area contributed by atoms with Crippen LogP contribution < -0.4 is 14.8 Å². The lowest BCUT2D eigenvalue weighted by atomic mass is 9.69. The van der Waals surface area contributed by atoms with Gasteiger partial charge in [-0.25, -0.2) is 9.50 Å². The van der Waals surface area contributed by atoms with E-state index < -0.39 is 18.0 Å². The van der Waals surface area contributed by atoms with Crippen molar-refractivity contribution < 1.29 is 37.3 Å². The predicted molar refractivity (Wildman–Crippen MR) is 250 cm³/mol. The van der Waals surface area contributed by atoms with Crippen LogP contribution in [-0.2, 0) is 17.8 Å². The average molecular weight is 927 g/mol. The first-order chi connectivity index (χ1) is 32.5. The molecule has 0 unspecified atom stereocenters. The van der Waals surface area contributed by atoms with Gasteiger partial charge < -0.3 is 24.8 Å². The van der Waals surface area contributed by atoms with Crippen LogP contribution in [0.3, 0.4) is 0 Å². The number of nitrogens with zero attached hydrogens (tertiary/aromatic N) is 5. The van der Waals surface area contributed by atoms with Crippen LogP contribution in [0.4, 0.5) is 13.2 Å². The molecule has 1 aliphatic carbocycles. The molecule has 2 amide bonds. The van der Waals surface area contributed by atoms with E-state index in [2.05, 4.69) is 75.6 Å². The number of piperidine rings is 1. The molecule has 3 aliphatic rings. The van der Waals surface area contributed by atoms with Crippen LogP contribution in [0.5, 0.6) is 17.2 Å². The van der Waals surface area contributed by atoms with Crippen molar-refractivity contribution in [3.8, 4) is 17.2 Å². The number of hydrogen-bond donors (Lipinski definition) is 2. The molecule has 0 radical (unpaired) electrons. The van der Waals surface area contributed by atoms with Crippen molar-refractivity contribution in [3.63, 3.8) is 0 Å². The maximum absolute atomic E-state index is 13.4. The Balaban J connectivity index is 0.702. The summed E-state index contributed by atoms with van der Waals surface area (Å²) in [6, 6.07) is 39.8. The summed E-state index contributed by atoms with van der Waals surface area (Å²) in [6.45, 7) is 3.24. The van der Waals surface area contributed by atoms with E-state index in [0.29, 0.717) is 48.1 Å². The summed E-state index contributed by atoms with van der Waals surface area (Å²) in [5, 5.41) is 19.2. The number of halogens is 3. The molecule has 2 saturated heterocycles. The maximum Gasteiger partial charge on any atom is 0.573 e. The second kappa shape index (κ2) is 19.0. The third-order valence-electron chi connectivity index (χ3n) is 13.1. The van der Waals surface area contributed by atoms with Gasteiger partial charge in [-0.3, -0.25) is 14.5 Å². The number of thioether (sulfide) groups is 1. The van der Waals surface area contributed by atoms with Gasteiger partial charge in [0, 0.05) is 56.1 Å². The maximum atomic E-state index is 13.4. The number of para-hydroxylation sites is 2. The Hall–Kier alpha value is -6.58. The van der Waals surface area contributed by atoms with E-state index >= 15 is 0 Å². The quantitative estimate of drug-likeness (QED) is 0.0861. The van der Waals surface area contributed by atoms with Gasteiger partial charge in [-0.05, 0) is 95.5 Å². The number of nitrogens with one attached hydrogen (secondary N) is 1. The second-order valence-electron chi connectivity index (χ2n) is 17.6. The van der Waals surface area contributed by atoms with E-state index in [1.54, 1.807) is 22.3 Å². The van der Waals surface area contributed by atoms with Gasteiger partial charge in [-0.15, -0.1) is 13.2 Å². The number of aromatic nitrogens is 3. The highest BCUT2D eigenvalue weighted by atomic mass is 32.2. The number of aryl methyl sites for hydroxylation is 1. The molecule has 2 fully saturated rings. The van der Waals surface area contributed by atoms with Crippen molar-refractivity contribution in [1.82, 2.24) is 29.7 Å². The smallest absolute Gasteiger partial charge is 0.508 e. The Kier molecular flexibility index (Phi) is 12.5. The van der Waals surface area contributed by atoms with E-state index in [1.165, 1.54) is 40.5 Å². The molecule has 0 saturated carbocycles. The number of amides is 2. The van der Waals surface area contributed by atoms with Gasteiger partial charge in [0.15, 0.2) is 5.16 Å². The highest BCUT2D eigenvalue weighted by Gasteiger charge is 2.35. The number of benzene rings is 5. The summed E-state index contributed by atoms with van der Waals surface area (Å²) >= 11 is 1.58. The number of carbonyl (C=O) groups excluding carboxylic acids is 2. The number of fused-ring (bicyclic) bond motifs is 4. The minimum atomic E-state index is -4.94. The van der Waals surface area contributed by atoms with Crippen LogP contribution in [0.25, 0.3) is 16.4 Å². The van der Waals surface area contributed by atoms with E-state index in [0.717, 1.165) is 72.8 Å². The Morgan fingerprint density at radius 3 is 2.37 bits per heavy atom. The molecule has 0 spiro atoms. The van der Waals surface area contributed by atoms with Gasteiger partial charge in [0.25, 0.3) is 5.91 Å². The number of ether oxygens (including phenoxy) is 2. The van der Waals surface area contributed by atoms with Gasteiger partial charge in [0.05, 0.1) is 35.4 Å². The molecule has 0 bridgehead atoms. The number of hydrogen-bond acceptors (Lipinski definition) is 9. The number of aromatic hydroxyl groups is 1. The first-order valence-corrected chi connectivity index (χ1v) is 23.7. The minimum Gasteiger partial charge on any atom is -0.508 e. The van der Waals surface area contributed by atoms with Crippen LogP contribution in [0, 0.1) is 5.92 Å². The van der Waals surface area contributed by atoms with Crippen molar-refractivity contribution >= 4 is 40.0 Å². The molecular weight excluding hydrogens is 878 g/mol. The molecule has 11 nitrogen and oxygen atoms in total. The largest absolute Gasteiger partial charge is 0.573 e. The highest BCUT2D eigenvalue weighted by Crippen LogP contribution is 2.47. The molecule has 2 atom stereocenters. The fourth-order valence-corrected chi connectivity index (χ4v) is 10.9. The van der Waals surface area contributed by atoms with Crippen LogP contribution in [0.1, 0.15) is 69.4 Å². The summed E-state index contributed by atoms with van der Waals surface area (Å²) in [6.07, 6.45) is -1.45. The van der Waals surface area contributed by atoms with Crippen molar-refractivity contribution in [2.75, 3.05) is 38.5 Å². The molecule has 5 aromatic carbocycles. The Morgan fingerprint density at radius 1 is 0.836 bits per heavy atom. The minimum absolute atomic E-state index is 0.0234. The lowest BCUT2D eigenvalue weighted by molar-refractivity contribution is -0.274. The Labute approximate surface area is 389 Å². The first kappa shape index (κ1) is 44.3. The van der Waals surface area contributed by atoms with Gasteiger partial charge >= 0.3 is 6.36 Å². The first-order valence-electron chi connectivity index (χ1n) is 22.7. The van der Waals surface area contributed by atoms with Gasteiger partial charge in [0.1, 0.15) is 23.4 Å². The van der Waals surface area contributed by atoms with Crippen molar-refractivity contribution in [2.45, 2.75) is 61.7 Å². The zero-order chi connectivity index (χ0) is 46.1. The predicted octanol–water partition coefficient (Wildman–Crippen LogP) is 9.37. The number of carbonyl (C=O) groups is 2. The summed E-state index contributed by atoms with van der Waals surface area (Å²) in [5.74, 6) is 1.59. The molecular formula is C52H49F3N6O5S. The molecule has 4 heterocycles. The fourth-order valence-electron chi connectivity index (χ4n) is 9.86. The van der Waals surface area contributed by atoms with Crippen LogP contribution in [-0.4, -0.2) is 92.3 Å². The van der Waals surface area contributed by atoms with Crippen LogP contribution in [0.2, 0.25) is 0 Å². The second-order valence-corrected chi connectivity index (χ2v) is 18.6. The molecule has 2 aromatic heterocycles.